The highest BCUT2D eigenvalue weighted by atomic mass is 16.5. The first-order chi connectivity index (χ1) is 15.6. The Bertz CT molecular complexity index is 1130. The first kappa shape index (κ1) is 20.5. The minimum absolute atomic E-state index is 0.0863. The maximum atomic E-state index is 12.2. The van der Waals surface area contributed by atoms with Crippen LogP contribution in [0.3, 0.4) is 0 Å². The van der Waals surface area contributed by atoms with E-state index >= 15 is 0 Å². The minimum atomic E-state index is -0.235. The third kappa shape index (κ3) is 3.70. The lowest BCUT2D eigenvalue weighted by molar-refractivity contribution is -0.0147. The van der Waals surface area contributed by atoms with Gasteiger partial charge in [-0.15, -0.1) is 0 Å². The summed E-state index contributed by atoms with van der Waals surface area (Å²) >= 11 is 0. The summed E-state index contributed by atoms with van der Waals surface area (Å²) in [5, 5.41) is 13.3. The van der Waals surface area contributed by atoms with Crippen molar-refractivity contribution in [1.29, 1.82) is 0 Å². The number of aromatic nitrogens is 4. The van der Waals surface area contributed by atoms with Gasteiger partial charge in [-0.3, -0.25) is 4.79 Å². The highest BCUT2D eigenvalue weighted by Crippen LogP contribution is 2.36. The average Bonchev–Trinajstić information content (AvgIpc) is 3.46. The molecule has 2 fully saturated rings. The van der Waals surface area contributed by atoms with Crippen molar-refractivity contribution in [1.82, 2.24) is 24.9 Å². The van der Waals surface area contributed by atoms with E-state index in [0.717, 1.165) is 38.4 Å². The lowest BCUT2D eigenvalue weighted by Crippen LogP contribution is -2.44. The smallest absolute Gasteiger partial charge is 0.256 e. The molecule has 168 valence electrons. The molecule has 2 aliphatic heterocycles. The first-order valence-electron chi connectivity index (χ1n) is 11.0. The summed E-state index contributed by atoms with van der Waals surface area (Å²) in [5.74, 6) is 2.68. The van der Waals surface area contributed by atoms with Gasteiger partial charge in [0.25, 0.3) is 5.91 Å². The highest BCUT2D eigenvalue weighted by molar-refractivity contribution is 5.99. The van der Waals surface area contributed by atoms with Crippen molar-refractivity contribution in [2.75, 3.05) is 49.3 Å². The van der Waals surface area contributed by atoms with Crippen molar-refractivity contribution >= 4 is 34.8 Å². The maximum Gasteiger partial charge on any atom is 0.256 e. The first-order valence-corrected chi connectivity index (χ1v) is 11.0. The Morgan fingerprint density at radius 3 is 2.69 bits per heavy atom. The number of anilines is 4. The van der Waals surface area contributed by atoms with Crippen LogP contribution in [0.25, 0.3) is 5.65 Å². The fraction of sp³-hybridized carbons (Fsp3) is 0.455. The molecule has 5 heterocycles. The van der Waals surface area contributed by atoms with Crippen molar-refractivity contribution in [2.24, 2.45) is 0 Å². The number of hydrogen-bond acceptors (Lipinski definition) is 8. The molecule has 0 aromatic carbocycles. The van der Waals surface area contributed by atoms with E-state index in [-0.39, 0.29) is 11.5 Å². The molecule has 0 saturated carbocycles. The van der Waals surface area contributed by atoms with E-state index < -0.39 is 0 Å². The average molecular weight is 437 g/mol. The molecule has 5 rings (SSSR count). The summed E-state index contributed by atoms with van der Waals surface area (Å²) in [6, 6.07) is 7.78. The van der Waals surface area contributed by atoms with Gasteiger partial charge < -0.3 is 25.6 Å². The Kier molecular flexibility index (Phi) is 5.30. The number of fused-ring (bicyclic) bond motifs is 1. The van der Waals surface area contributed by atoms with Gasteiger partial charge in [-0.2, -0.15) is 9.61 Å². The summed E-state index contributed by atoms with van der Waals surface area (Å²) < 4.78 is 7.65. The van der Waals surface area contributed by atoms with Crippen LogP contribution in [0.2, 0.25) is 0 Å². The number of piperidine rings is 1. The molecule has 2 aliphatic rings. The molecule has 0 radical (unpaired) electrons. The molecule has 0 bridgehead atoms. The zero-order valence-electron chi connectivity index (χ0n) is 18.4. The molecule has 1 spiro atoms. The number of amides is 1. The molecule has 0 unspecified atom stereocenters. The Balaban J connectivity index is 1.38. The molecule has 2 saturated heterocycles. The molecule has 0 atom stereocenters. The van der Waals surface area contributed by atoms with Gasteiger partial charge in [0.15, 0.2) is 5.65 Å². The summed E-state index contributed by atoms with van der Waals surface area (Å²) in [4.78, 5) is 23.9. The molecule has 3 aromatic heterocycles. The Labute approximate surface area is 186 Å². The van der Waals surface area contributed by atoms with Crippen molar-refractivity contribution < 1.29 is 9.53 Å². The number of nitrogens with zero attached hydrogens (tertiary/aromatic N) is 5. The molecular formula is C22H28N8O2. The summed E-state index contributed by atoms with van der Waals surface area (Å²) in [6.07, 6.45) is 5.94. The van der Waals surface area contributed by atoms with Crippen LogP contribution in [-0.2, 0) is 4.74 Å². The number of carbonyl (C=O) groups excluding carboxylic acids is 1. The summed E-state index contributed by atoms with van der Waals surface area (Å²) in [6.45, 7) is 2.77. The van der Waals surface area contributed by atoms with Gasteiger partial charge in [0.2, 0.25) is 0 Å². The second-order valence-corrected chi connectivity index (χ2v) is 8.28. The third-order valence-electron chi connectivity index (χ3n) is 6.37. The van der Waals surface area contributed by atoms with Crippen LogP contribution in [0.5, 0.6) is 0 Å². The maximum absolute atomic E-state index is 12.2. The van der Waals surface area contributed by atoms with Crippen LogP contribution in [0.1, 0.15) is 36.0 Å². The normalized spacial score (nSPS) is 17.6. The molecule has 0 aliphatic carbocycles. The Morgan fingerprint density at radius 1 is 1.12 bits per heavy atom. The van der Waals surface area contributed by atoms with Crippen LogP contribution in [0, 0.1) is 0 Å². The topological polar surface area (TPSA) is 109 Å². The zero-order valence-corrected chi connectivity index (χ0v) is 18.4. The minimum Gasteiger partial charge on any atom is -0.375 e. The Morgan fingerprint density at radius 2 is 1.97 bits per heavy atom. The number of rotatable bonds is 5. The monoisotopic (exact) mass is 436 g/mol. The number of ether oxygens (including phenoxy) is 1. The molecular weight excluding hydrogens is 408 g/mol. The number of carbonyl (C=O) groups is 1. The second-order valence-electron chi connectivity index (χ2n) is 8.28. The van der Waals surface area contributed by atoms with Crippen molar-refractivity contribution in [3.8, 4) is 0 Å². The van der Waals surface area contributed by atoms with Crippen LogP contribution >= 0.6 is 0 Å². The van der Waals surface area contributed by atoms with Crippen molar-refractivity contribution in [3.05, 3.63) is 36.0 Å². The Hall–Kier alpha value is -3.40. The van der Waals surface area contributed by atoms with Gasteiger partial charge in [0, 0.05) is 39.9 Å². The van der Waals surface area contributed by atoms with E-state index in [4.69, 9.17) is 9.72 Å². The standard InChI is InChI=1S/C22H28N8O2/c1-23-19-13-17(28-20-15(21(31)24-2)14-25-30(19)20)26-16-5-3-6-18(27-16)29-10-8-22(9-11-29)7-4-12-32-22/h3,5-6,13-14,23H,4,7-12H2,1-2H3,(H,24,31)(H,26,27,28). The van der Waals surface area contributed by atoms with Crippen molar-refractivity contribution in [3.63, 3.8) is 0 Å². The molecule has 1 amide bonds. The largest absolute Gasteiger partial charge is 0.375 e. The molecule has 3 N–H and O–H groups in total. The SMILES string of the molecule is CNC(=O)c1cnn2c(NC)cc(Nc3cccc(N4CCC5(CCCO5)CC4)n3)nc12. The van der Waals surface area contributed by atoms with E-state index in [9.17, 15) is 4.79 Å². The predicted molar refractivity (Wildman–Crippen MR) is 123 cm³/mol. The lowest BCUT2D eigenvalue weighted by Gasteiger charge is -2.39. The van der Waals surface area contributed by atoms with Crippen LogP contribution < -0.4 is 20.9 Å². The highest BCUT2D eigenvalue weighted by Gasteiger charge is 2.38. The zero-order chi connectivity index (χ0) is 22.1. The van der Waals surface area contributed by atoms with E-state index in [0.29, 0.717) is 28.7 Å². The fourth-order valence-corrected chi connectivity index (χ4v) is 4.59. The van der Waals surface area contributed by atoms with E-state index in [2.05, 4.69) is 30.9 Å². The molecule has 3 aromatic rings. The van der Waals surface area contributed by atoms with Gasteiger partial charge in [-0.25, -0.2) is 9.97 Å². The third-order valence-corrected chi connectivity index (χ3v) is 6.37. The summed E-state index contributed by atoms with van der Waals surface area (Å²) in [7, 11) is 3.39. The molecule has 10 nitrogen and oxygen atoms in total. The van der Waals surface area contributed by atoms with Crippen molar-refractivity contribution in [2.45, 2.75) is 31.3 Å². The molecule has 32 heavy (non-hydrogen) atoms. The predicted octanol–water partition coefficient (Wildman–Crippen LogP) is 2.42. The van der Waals surface area contributed by atoms with Crippen LogP contribution in [0.15, 0.2) is 30.5 Å². The van der Waals surface area contributed by atoms with Gasteiger partial charge >= 0.3 is 0 Å². The van der Waals surface area contributed by atoms with Crippen LogP contribution in [0.4, 0.5) is 23.3 Å². The van der Waals surface area contributed by atoms with E-state index in [1.165, 1.54) is 19.0 Å². The second kappa shape index (κ2) is 8.27. The number of nitrogens with one attached hydrogen (secondary N) is 3. The van der Waals surface area contributed by atoms with E-state index in [1.54, 1.807) is 18.6 Å². The van der Waals surface area contributed by atoms with Gasteiger partial charge in [-0.1, -0.05) is 6.07 Å². The van der Waals surface area contributed by atoms with Crippen LogP contribution in [-0.4, -0.2) is 64.9 Å². The summed E-state index contributed by atoms with van der Waals surface area (Å²) in [5.41, 5.74) is 0.960. The lowest BCUT2D eigenvalue weighted by atomic mass is 9.89. The fourth-order valence-electron chi connectivity index (χ4n) is 4.59. The van der Waals surface area contributed by atoms with Gasteiger partial charge in [0.05, 0.1) is 11.8 Å². The number of pyridine rings is 1. The number of hydrogen-bond donors (Lipinski definition) is 3. The van der Waals surface area contributed by atoms with Gasteiger partial charge in [-0.05, 0) is 37.8 Å². The quantitative estimate of drug-likeness (QED) is 0.560. The van der Waals surface area contributed by atoms with Gasteiger partial charge in [0.1, 0.15) is 28.8 Å². The van der Waals surface area contributed by atoms with E-state index in [1.807, 2.05) is 24.3 Å². The molecule has 10 heteroatoms.